The topological polar surface area (TPSA) is 47.3 Å². The molecule has 0 spiro atoms. The number of hydrogen-bond acceptors (Lipinski definition) is 3. The van der Waals surface area contributed by atoms with Gasteiger partial charge in [0.15, 0.2) is 0 Å². The third-order valence-electron chi connectivity index (χ3n) is 3.00. The summed E-state index contributed by atoms with van der Waals surface area (Å²) in [5, 5.41) is 14.9. The lowest BCUT2D eigenvalue weighted by Gasteiger charge is -2.14. The highest BCUT2D eigenvalue weighted by atomic mass is 35.5. The van der Waals surface area contributed by atoms with Gasteiger partial charge in [-0.1, -0.05) is 17.7 Å². The Morgan fingerprint density at radius 2 is 2.05 bits per heavy atom. The lowest BCUT2D eigenvalue weighted by atomic mass is 10.2. The average Bonchev–Trinajstić information content (AvgIpc) is 2.69. The van der Waals surface area contributed by atoms with E-state index in [2.05, 4.69) is 5.10 Å². The van der Waals surface area contributed by atoms with Crippen molar-refractivity contribution in [3.8, 4) is 5.75 Å². The summed E-state index contributed by atoms with van der Waals surface area (Å²) in [5.74, 6) is 0.596. The summed E-state index contributed by atoms with van der Waals surface area (Å²) in [6, 6.07) is 7.55. The second-order valence-corrected chi connectivity index (χ2v) is 5.42. The Bertz CT molecular complexity index is 596. The fourth-order valence-electron chi connectivity index (χ4n) is 2.02. The first-order valence-electron chi connectivity index (χ1n) is 6.54. The van der Waals surface area contributed by atoms with Gasteiger partial charge in [0.1, 0.15) is 18.5 Å². The van der Waals surface area contributed by atoms with Gasteiger partial charge >= 0.3 is 0 Å². The Morgan fingerprint density at radius 3 is 2.70 bits per heavy atom. The molecule has 2 rings (SSSR count). The molecule has 1 aromatic carbocycles. The minimum Gasteiger partial charge on any atom is -0.489 e. The Kier molecular flexibility index (Phi) is 4.68. The number of aliphatic hydroxyl groups excluding tert-OH is 1. The number of aliphatic hydroxyl groups is 1. The van der Waals surface area contributed by atoms with Crippen molar-refractivity contribution in [3.63, 3.8) is 0 Å². The molecule has 0 amide bonds. The molecule has 0 saturated carbocycles. The van der Waals surface area contributed by atoms with Crippen LogP contribution in [0.15, 0.2) is 24.3 Å². The monoisotopic (exact) mass is 294 g/mol. The molecule has 0 aliphatic rings. The summed E-state index contributed by atoms with van der Waals surface area (Å²) in [6.07, 6.45) is -0.635. The Hall–Kier alpha value is -1.52. The van der Waals surface area contributed by atoms with Gasteiger partial charge in [0, 0.05) is 5.69 Å². The van der Waals surface area contributed by atoms with Gasteiger partial charge in [0.2, 0.25) is 0 Å². The van der Waals surface area contributed by atoms with Gasteiger partial charge < -0.3 is 9.84 Å². The predicted octanol–water partition coefficient (Wildman–Crippen LogP) is 2.90. The quantitative estimate of drug-likeness (QED) is 0.922. The second-order valence-electron chi connectivity index (χ2n) is 5.01. The number of aromatic nitrogens is 2. The molecule has 1 heterocycles. The maximum absolute atomic E-state index is 10.0. The van der Waals surface area contributed by atoms with E-state index < -0.39 is 6.10 Å². The minimum absolute atomic E-state index is 0.182. The number of aryl methyl sites for hydroxylation is 3. The van der Waals surface area contributed by atoms with Crippen LogP contribution in [0.4, 0.5) is 0 Å². The van der Waals surface area contributed by atoms with Crippen molar-refractivity contribution < 1.29 is 9.84 Å². The smallest absolute Gasteiger partial charge is 0.138 e. The standard InChI is InChI=1S/C15H19ClN2O2/c1-10-4-5-14(16)15(6-10)20-9-13(19)8-18-12(3)7-11(2)17-18/h4-7,13,19H,8-9H2,1-3H3. The Labute approximate surface area is 123 Å². The number of hydrogen-bond donors (Lipinski definition) is 1. The number of rotatable bonds is 5. The average molecular weight is 295 g/mol. The van der Waals surface area contributed by atoms with Crippen LogP contribution < -0.4 is 4.74 Å². The predicted molar refractivity (Wildman–Crippen MR) is 79.4 cm³/mol. The van der Waals surface area contributed by atoms with Crippen LogP contribution in [-0.4, -0.2) is 27.6 Å². The number of benzene rings is 1. The third kappa shape index (κ3) is 3.74. The van der Waals surface area contributed by atoms with Gasteiger partial charge in [-0.05, 0) is 44.5 Å². The largest absolute Gasteiger partial charge is 0.489 e. The van der Waals surface area contributed by atoms with Crippen LogP contribution in [-0.2, 0) is 6.54 Å². The first kappa shape index (κ1) is 14.9. The maximum atomic E-state index is 10.0. The molecular formula is C15H19ClN2O2. The van der Waals surface area contributed by atoms with E-state index in [0.29, 0.717) is 17.3 Å². The van der Waals surface area contributed by atoms with Crippen molar-refractivity contribution in [2.24, 2.45) is 0 Å². The molecule has 20 heavy (non-hydrogen) atoms. The first-order valence-corrected chi connectivity index (χ1v) is 6.91. The highest BCUT2D eigenvalue weighted by Crippen LogP contribution is 2.25. The van der Waals surface area contributed by atoms with Crippen molar-refractivity contribution in [1.82, 2.24) is 9.78 Å². The lowest BCUT2D eigenvalue weighted by molar-refractivity contribution is 0.0887. The van der Waals surface area contributed by atoms with Crippen LogP contribution in [0.3, 0.4) is 0 Å². The Balaban J connectivity index is 1.93. The van der Waals surface area contributed by atoms with E-state index in [1.54, 1.807) is 10.7 Å². The molecule has 0 aliphatic carbocycles. The summed E-state index contributed by atoms with van der Waals surface area (Å²) in [6.45, 7) is 6.45. The van der Waals surface area contributed by atoms with E-state index in [0.717, 1.165) is 17.0 Å². The molecule has 5 heteroatoms. The van der Waals surface area contributed by atoms with Crippen molar-refractivity contribution in [3.05, 3.63) is 46.2 Å². The van der Waals surface area contributed by atoms with E-state index in [1.807, 2.05) is 39.0 Å². The van der Waals surface area contributed by atoms with Gasteiger partial charge in [-0.15, -0.1) is 0 Å². The van der Waals surface area contributed by atoms with Gasteiger partial charge in [0.05, 0.1) is 17.3 Å². The molecule has 0 bridgehead atoms. The van der Waals surface area contributed by atoms with Gasteiger partial charge in [-0.3, -0.25) is 4.68 Å². The normalized spacial score (nSPS) is 12.4. The van der Waals surface area contributed by atoms with Gasteiger partial charge in [-0.25, -0.2) is 0 Å². The van der Waals surface area contributed by atoms with E-state index in [4.69, 9.17) is 16.3 Å². The van der Waals surface area contributed by atoms with Crippen molar-refractivity contribution in [2.75, 3.05) is 6.61 Å². The molecule has 1 aromatic heterocycles. The highest BCUT2D eigenvalue weighted by Gasteiger charge is 2.11. The highest BCUT2D eigenvalue weighted by molar-refractivity contribution is 6.32. The van der Waals surface area contributed by atoms with Crippen LogP contribution in [0.25, 0.3) is 0 Å². The third-order valence-corrected chi connectivity index (χ3v) is 3.32. The molecule has 0 radical (unpaired) electrons. The summed E-state index contributed by atoms with van der Waals surface area (Å²) in [4.78, 5) is 0. The molecule has 0 saturated heterocycles. The number of nitrogens with zero attached hydrogens (tertiary/aromatic N) is 2. The molecule has 1 atom stereocenters. The SMILES string of the molecule is Cc1ccc(Cl)c(OCC(O)Cn2nc(C)cc2C)c1. The van der Waals surface area contributed by atoms with Crippen molar-refractivity contribution in [2.45, 2.75) is 33.4 Å². The van der Waals surface area contributed by atoms with Gasteiger partial charge in [-0.2, -0.15) is 5.10 Å². The molecule has 108 valence electrons. The van der Waals surface area contributed by atoms with Crippen LogP contribution in [0.1, 0.15) is 17.0 Å². The minimum atomic E-state index is -0.635. The van der Waals surface area contributed by atoms with Gasteiger partial charge in [0.25, 0.3) is 0 Å². The lowest BCUT2D eigenvalue weighted by Crippen LogP contribution is -2.24. The van der Waals surface area contributed by atoms with Crippen LogP contribution >= 0.6 is 11.6 Å². The maximum Gasteiger partial charge on any atom is 0.138 e. The summed E-state index contributed by atoms with van der Waals surface area (Å²) < 4.78 is 7.35. The zero-order valence-electron chi connectivity index (χ0n) is 11.9. The zero-order chi connectivity index (χ0) is 14.7. The molecule has 4 nitrogen and oxygen atoms in total. The van der Waals surface area contributed by atoms with Crippen molar-refractivity contribution >= 4 is 11.6 Å². The fourth-order valence-corrected chi connectivity index (χ4v) is 2.19. The van der Waals surface area contributed by atoms with Crippen LogP contribution in [0.2, 0.25) is 5.02 Å². The molecule has 1 N–H and O–H groups in total. The van der Waals surface area contributed by atoms with Crippen LogP contribution in [0.5, 0.6) is 5.75 Å². The number of halogens is 1. The summed E-state index contributed by atoms with van der Waals surface area (Å²) in [7, 11) is 0. The fraction of sp³-hybridized carbons (Fsp3) is 0.400. The summed E-state index contributed by atoms with van der Waals surface area (Å²) >= 11 is 6.04. The molecule has 0 fully saturated rings. The van der Waals surface area contributed by atoms with Crippen LogP contribution in [0, 0.1) is 20.8 Å². The number of ether oxygens (including phenoxy) is 1. The molecule has 2 aromatic rings. The second kappa shape index (κ2) is 6.29. The summed E-state index contributed by atoms with van der Waals surface area (Å²) in [5.41, 5.74) is 3.03. The van der Waals surface area contributed by atoms with E-state index in [-0.39, 0.29) is 6.61 Å². The van der Waals surface area contributed by atoms with Crippen molar-refractivity contribution in [1.29, 1.82) is 0 Å². The first-order chi connectivity index (χ1) is 9.45. The molecule has 0 aliphatic heterocycles. The van der Waals surface area contributed by atoms with E-state index >= 15 is 0 Å². The van der Waals surface area contributed by atoms with E-state index in [1.165, 1.54) is 0 Å². The molecular weight excluding hydrogens is 276 g/mol. The molecule has 1 unspecified atom stereocenters. The zero-order valence-corrected chi connectivity index (χ0v) is 12.7. The van der Waals surface area contributed by atoms with E-state index in [9.17, 15) is 5.11 Å². The Morgan fingerprint density at radius 1 is 1.30 bits per heavy atom.